The molecule has 0 bridgehead atoms. The fourth-order valence-corrected chi connectivity index (χ4v) is 2.68. The molecular weight excluding hydrogens is 287 g/mol. The zero-order valence-corrected chi connectivity index (χ0v) is 12.7. The van der Waals surface area contributed by atoms with E-state index in [0.717, 1.165) is 11.2 Å². The minimum atomic E-state index is -0.323. The van der Waals surface area contributed by atoms with Crippen LogP contribution >= 0.6 is 11.6 Å². The van der Waals surface area contributed by atoms with E-state index < -0.39 is 0 Å². The predicted octanol–water partition coefficient (Wildman–Crippen LogP) is 5.03. The van der Waals surface area contributed by atoms with Crippen LogP contribution in [0.15, 0.2) is 42.5 Å². The number of nitrogens with zero attached hydrogens (tertiary/aromatic N) is 2. The van der Waals surface area contributed by atoms with Gasteiger partial charge in [0.05, 0.1) is 11.4 Å². The van der Waals surface area contributed by atoms with Gasteiger partial charge in [0, 0.05) is 5.69 Å². The first-order chi connectivity index (χ1) is 10.1. The third-order valence-electron chi connectivity index (χ3n) is 3.64. The van der Waals surface area contributed by atoms with Crippen LogP contribution in [0.2, 0.25) is 0 Å². The lowest BCUT2D eigenvalue weighted by molar-refractivity contribution is 0.637. The fourth-order valence-electron chi connectivity index (χ4n) is 2.50. The molecule has 2 nitrogen and oxygen atoms in total. The molecule has 1 aromatic heterocycles. The third-order valence-corrected chi connectivity index (χ3v) is 3.88. The average Bonchev–Trinajstić information content (AvgIpc) is 2.87. The van der Waals surface area contributed by atoms with Crippen molar-refractivity contribution in [3.05, 3.63) is 59.7 Å². The van der Waals surface area contributed by atoms with Crippen molar-refractivity contribution in [2.24, 2.45) is 0 Å². The van der Waals surface area contributed by atoms with Crippen LogP contribution in [0.5, 0.6) is 0 Å². The molecule has 0 aliphatic rings. The van der Waals surface area contributed by atoms with Gasteiger partial charge in [-0.25, -0.2) is 9.37 Å². The normalized spacial score (nSPS) is 11.5. The summed E-state index contributed by atoms with van der Waals surface area (Å²) in [6, 6.07) is 13.2. The molecule has 0 unspecified atom stereocenters. The Balaban J connectivity index is 2.21. The Morgan fingerprint density at radius 2 is 1.86 bits per heavy atom. The van der Waals surface area contributed by atoms with Gasteiger partial charge in [-0.2, -0.15) is 0 Å². The van der Waals surface area contributed by atoms with Crippen LogP contribution in [0.4, 0.5) is 4.39 Å². The molecule has 0 radical (unpaired) electrons. The molecular formula is C17H16ClFN2. The van der Waals surface area contributed by atoms with E-state index in [1.165, 1.54) is 11.6 Å². The van der Waals surface area contributed by atoms with Crippen molar-refractivity contribution in [3.8, 4) is 5.69 Å². The highest BCUT2D eigenvalue weighted by Crippen LogP contribution is 2.25. The number of fused-ring (bicyclic) bond motifs is 1. The molecule has 4 heteroatoms. The van der Waals surface area contributed by atoms with E-state index in [4.69, 9.17) is 11.6 Å². The van der Waals surface area contributed by atoms with Crippen LogP contribution in [-0.2, 0) is 5.88 Å². The van der Waals surface area contributed by atoms with Gasteiger partial charge in [-0.1, -0.05) is 32.0 Å². The number of hydrogen-bond acceptors (Lipinski definition) is 1. The van der Waals surface area contributed by atoms with E-state index in [-0.39, 0.29) is 11.7 Å². The maximum Gasteiger partial charge on any atom is 0.151 e. The Morgan fingerprint density at radius 3 is 2.48 bits per heavy atom. The van der Waals surface area contributed by atoms with Crippen molar-refractivity contribution in [3.63, 3.8) is 0 Å². The van der Waals surface area contributed by atoms with Crippen molar-refractivity contribution in [1.82, 2.24) is 9.55 Å². The molecule has 0 fully saturated rings. The van der Waals surface area contributed by atoms with Crippen LogP contribution in [0, 0.1) is 5.82 Å². The molecule has 0 aliphatic carbocycles. The van der Waals surface area contributed by atoms with Crippen LogP contribution < -0.4 is 0 Å². The van der Waals surface area contributed by atoms with E-state index in [2.05, 4.69) is 31.0 Å². The monoisotopic (exact) mass is 302 g/mol. The first kappa shape index (κ1) is 14.1. The molecule has 21 heavy (non-hydrogen) atoms. The van der Waals surface area contributed by atoms with Crippen LogP contribution in [-0.4, -0.2) is 9.55 Å². The number of imidazole rings is 1. The van der Waals surface area contributed by atoms with Gasteiger partial charge in [0.1, 0.15) is 11.3 Å². The summed E-state index contributed by atoms with van der Waals surface area (Å²) < 4.78 is 15.8. The lowest BCUT2D eigenvalue weighted by atomic mass is 10.0. The Hall–Kier alpha value is -1.87. The molecule has 0 spiro atoms. The minimum Gasteiger partial charge on any atom is -0.295 e. The van der Waals surface area contributed by atoms with E-state index in [1.807, 2.05) is 22.8 Å². The van der Waals surface area contributed by atoms with Crippen molar-refractivity contribution < 1.29 is 4.39 Å². The third kappa shape index (κ3) is 2.42. The van der Waals surface area contributed by atoms with Crippen molar-refractivity contribution in [1.29, 1.82) is 0 Å². The zero-order valence-electron chi connectivity index (χ0n) is 12.0. The molecule has 3 rings (SSSR count). The summed E-state index contributed by atoms with van der Waals surface area (Å²) in [4.78, 5) is 4.32. The van der Waals surface area contributed by atoms with Crippen LogP contribution in [0.1, 0.15) is 31.2 Å². The first-order valence-corrected chi connectivity index (χ1v) is 7.47. The Bertz CT molecular complexity index is 775. The highest BCUT2D eigenvalue weighted by atomic mass is 35.5. The highest BCUT2D eigenvalue weighted by Gasteiger charge is 2.14. The van der Waals surface area contributed by atoms with Crippen molar-refractivity contribution >= 4 is 22.6 Å². The van der Waals surface area contributed by atoms with E-state index in [1.54, 1.807) is 6.07 Å². The smallest absolute Gasteiger partial charge is 0.151 e. The number of hydrogen-bond donors (Lipinski definition) is 0. The molecule has 2 aromatic carbocycles. The Morgan fingerprint density at radius 1 is 1.14 bits per heavy atom. The second-order valence-corrected chi connectivity index (χ2v) is 5.62. The van der Waals surface area contributed by atoms with E-state index >= 15 is 0 Å². The SMILES string of the molecule is CC(C)c1ccc(-n2c(CCl)nc3c(F)cccc32)cc1. The summed E-state index contributed by atoms with van der Waals surface area (Å²) in [6.07, 6.45) is 0. The lowest BCUT2D eigenvalue weighted by Crippen LogP contribution is -1.99. The molecule has 108 valence electrons. The number of halogens is 2. The molecule has 0 saturated carbocycles. The summed E-state index contributed by atoms with van der Waals surface area (Å²) in [5.74, 6) is 1.04. The van der Waals surface area contributed by atoms with Gasteiger partial charge in [-0.3, -0.25) is 4.57 Å². The Kier molecular flexibility index (Phi) is 3.68. The summed E-state index contributed by atoms with van der Waals surface area (Å²) in [5, 5.41) is 0. The molecule has 0 saturated heterocycles. The molecule has 0 aliphatic heterocycles. The lowest BCUT2D eigenvalue weighted by Gasteiger charge is -2.10. The molecule has 3 aromatic rings. The van der Waals surface area contributed by atoms with E-state index in [0.29, 0.717) is 17.3 Å². The first-order valence-electron chi connectivity index (χ1n) is 6.94. The van der Waals surface area contributed by atoms with Gasteiger partial charge in [-0.05, 0) is 35.7 Å². The molecule has 0 atom stereocenters. The van der Waals surface area contributed by atoms with Gasteiger partial charge in [0.15, 0.2) is 5.82 Å². The fraction of sp³-hybridized carbons (Fsp3) is 0.235. The molecule has 0 N–H and O–H groups in total. The Labute approximate surface area is 128 Å². The number of benzene rings is 2. The zero-order chi connectivity index (χ0) is 15.0. The van der Waals surface area contributed by atoms with Gasteiger partial charge in [0.2, 0.25) is 0 Å². The molecule has 1 heterocycles. The minimum absolute atomic E-state index is 0.236. The second-order valence-electron chi connectivity index (χ2n) is 5.35. The van der Waals surface area contributed by atoms with Crippen molar-refractivity contribution in [2.75, 3.05) is 0 Å². The number of para-hydroxylation sites is 1. The summed E-state index contributed by atoms with van der Waals surface area (Å²) >= 11 is 5.98. The van der Waals surface area contributed by atoms with Crippen LogP contribution in [0.25, 0.3) is 16.7 Å². The summed E-state index contributed by atoms with van der Waals surface area (Å²) in [5.41, 5.74) is 3.31. The van der Waals surface area contributed by atoms with Crippen molar-refractivity contribution in [2.45, 2.75) is 25.6 Å². The summed E-state index contributed by atoms with van der Waals surface area (Å²) in [7, 11) is 0. The van der Waals surface area contributed by atoms with Gasteiger partial charge < -0.3 is 0 Å². The van der Waals surface area contributed by atoms with Crippen LogP contribution in [0.3, 0.4) is 0 Å². The van der Waals surface area contributed by atoms with Gasteiger partial charge in [-0.15, -0.1) is 11.6 Å². The highest BCUT2D eigenvalue weighted by molar-refractivity contribution is 6.17. The number of rotatable bonds is 3. The standard InChI is InChI=1S/C17H16ClFN2/c1-11(2)12-6-8-13(9-7-12)21-15-5-3-4-14(19)17(15)20-16(21)10-18/h3-9,11H,10H2,1-2H3. The average molecular weight is 303 g/mol. The van der Waals surface area contributed by atoms with E-state index in [9.17, 15) is 4.39 Å². The molecule has 0 amide bonds. The quantitative estimate of drug-likeness (QED) is 0.621. The van der Waals surface area contributed by atoms with Gasteiger partial charge in [0.25, 0.3) is 0 Å². The second kappa shape index (κ2) is 5.49. The topological polar surface area (TPSA) is 17.8 Å². The number of aromatic nitrogens is 2. The van der Waals surface area contributed by atoms with Gasteiger partial charge >= 0.3 is 0 Å². The maximum atomic E-state index is 13.9. The largest absolute Gasteiger partial charge is 0.295 e. The summed E-state index contributed by atoms with van der Waals surface area (Å²) in [6.45, 7) is 4.31. The number of alkyl halides is 1. The maximum absolute atomic E-state index is 13.9. The predicted molar refractivity (Wildman–Crippen MR) is 84.7 cm³/mol.